The summed E-state index contributed by atoms with van der Waals surface area (Å²) in [6.07, 6.45) is 6.19. The summed E-state index contributed by atoms with van der Waals surface area (Å²) in [6, 6.07) is 7.08. The van der Waals surface area contributed by atoms with Gasteiger partial charge in [0, 0.05) is 0 Å². The highest BCUT2D eigenvalue weighted by molar-refractivity contribution is 5.17. The second kappa shape index (κ2) is 7.40. The average molecular weight is 291 g/mol. The molecule has 0 amide bonds. The Balaban J connectivity index is 1.63. The zero-order valence-corrected chi connectivity index (χ0v) is 13.8. The molecule has 2 rings (SSSR count). The molecule has 1 N–H and O–H groups in total. The predicted molar refractivity (Wildman–Crippen MR) is 87.9 cm³/mol. The fraction of sp³-hybridized carbons (Fsp3) is 0.684. The molecule has 1 aliphatic carbocycles. The van der Waals surface area contributed by atoms with Crippen LogP contribution in [0.2, 0.25) is 0 Å². The molecule has 1 saturated carbocycles. The van der Waals surface area contributed by atoms with E-state index in [1.807, 2.05) is 12.1 Å². The van der Waals surface area contributed by atoms with Gasteiger partial charge in [0.05, 0.1) is 0 Å². The van der Waals surface area contributed by atoms with Crippen LogP contribution in [0, 0.1) is 23.1 Å². The predicted octanol–water partition coefficient (Wildman–Crippen LogP) is 4.81. The van der Waals surface area contributed by atoms with Gasteiger partial charge < -0.3 is 5.32 Å². The number of halogens is 1. The molecule has 0 atom stereocenters. The van der Waals surface area contributed by atoms with Crippen LogP contribution < -0.4 is 5.32 Å². The Morgan fingerprint density at radius 3 is 2.38 bits per heavy atom. The summed E-state index contributed by atoms with van der Waals surface area (Å²) >= 11 is 0. The highest BCUT2D eigenvalue weighted by Gasteiger charge is 2.29. The van der Waals surface area contributed by atoms with Crippen LogP contribution in [0.15, 0.2) is 24.3 Å². The molecule has 1 aromatic rings. The van der Waals surface area contributed by atoms with Crippen molar-refractivity contribution < 1.29 is 4.39 Å². The van der Waals surface area contributed by atoms with Crippen LogP contribution in [-0.2, 0) is 6.42 Å². The first-order valence-corrected chi connectivity index (χ1v) is 8.41. The summed E-state index contributed by atoms with van der Waals surface area (Å²) in [6.45, 7) is 9.06. The Hall–Kier alpha value is -0.890. The molecule has 21 heavy (non-hydrogen) atoms. The lowest BCUT2D eigenvalue weighted by Crippen LogP contribution is -2.31. The second-order valence-corrected chi connectivity index (χ2v) is 7.63. The zero-order chi connectivity index (χ0) is 15.3. The third-order valence-electron chi connectivity index (χ3n) is 5.03. The van der Waals surface area contributed by atoms with Crippen molar-refractivity contribution in [3.63, 3.8) is 0 Å². The second-order valence-electron chi connectivity index (χ2n) is 7.63. The molecular formula is C19H30FN. The number of benzene rings is 1. The Morgan fingerprint density at radius 2 is 1.76 bits per heavy atom. The fourth-order valence-electron chi connectivity index (χ4n) is 3.46. The SMILES string of the molecule is CC(C)(C)C1CCC(CNCCc2ccccc2F)CC1. The average Bonchev–Trinajstić information content (AvgIpc) is 2.45. The van der Waals surface area contributed by atoms with Crippen LogP contribution >= 0.6 is 0 Å². The first-order valence-electron chi connectivity index (χ1n) is 8.41. The smallest absolute Gasteiger partial charge is 0.126 e. The topological polar surface area (TPSA) is 12.0 Å². The van der Waals surface area contributed by atoms with Gasteiger partial charge in [0.1, 0.15) is 5.82 Å². The van der Waals surface area contributed by atoms with Crippen LogP contribution in [0.1, 0.15) is 52.0 Å². The van der Waals surface area contributed by atoms with Gasteiger partial charge in [0.2, 0.25) is 0 Å². The first-order chi connectivity index (χ1) is 9.97. The minimum atomic E-state index is -0.0787. The quantitative estimate of drug-likeness (QED) is 0.768. The third-order valence-corrected chi connectivity index (χ3v) is 5.03. The highest BCUT2D eigenvalue weighted by Crippen LogP contribution is 2.39. The molecule has 2 heteroatoms. The molecule has 0 aromatic heterocycles. The van der Waals surface area contributed by atoms with Crippen LogP contribution in [0.25, 0.3) is 0 Å². The molecule has 1 nitrogen and oxygen atoms in total. The maximum Gasteiger partial charge on any atom is 0.126 e. The van der Waals surface area contributed by atoms with E-state index >= 15 is 0 Å². The van der Waals surface area contributed by atoms with Crippen molar-refractivity contribution in [3.8, 4) is 0 Å². The molecule has 0 radical (unpaired) electrons. The van der Waals surface area contributed by atoms with Gasteiger partial charge in [-0.05, 0) is 74.1 Å². The monoisotopic (exact) mass is 291 g/mol. The van der Waals surface area contributed by atoms with E-state index in [9.17, 15) is 4.39 Å². The molecule has 118 valence electrons. The van der Waals surface area contributed by atoms with Gasteiger partial charge in [-0.15, -0.1) is 0 Å². The summed E-state index contributed by atoms with van der Waals surface area (Å²) < 4.78 is 13.5. The lowest BCUT2D eigenvalue weighted by atomic mass is 9.70. The highest BCUT2D eigenvalue weighted by atomic mass is 19.1. The molecule has 0 heterocycles. The summed E-state index contributed by atoms with van der Waals surface area (Å²) in [5, 5.41) is 3.52. The van der Waals surface area contributed by atoms with Gasteiger partial charge in [0.25, 0.3) is 0 Å². The van der Waals surface area contributed by atoms with Crippen LogP contribution in [0.3, 0.4) is 0 Å². The van der Waals surface area contributed by atoms with E-state index in [1.165, 1.54) is 25.7 Å². The molecule has 0 saturated heterocycles. The van der Waals surface area contributed by atoms with Gasteiger partial charge >= 0.3 is 0 Å². The van der Waals surface area contributed by atoms with E-state index in [-0.39, 0.29) is 5.82 Å². The Bertz CT molecular complexity index is 427. The number of nitrogens with one attached hydrogen (secondary N) is 1. The largest absolute Gasteiger partial charge is 0.316 e. The van der Waals surface area contributed by atoms with Crippen molar-refractivity contribution in [3.05, 3.63) is 35.6 Å². The fourth-order valence-corrected chi connectivity index (χ4v) is 3.46. The summed E-state index contributed by atoms with van der Waals surface area (Å²) in [5.74, 6) is 1.61. The Labute approximate surface area is 129 Å². The summed E-state index contributed by atoms with van der Waals surface area (Å²) in [4.78, 5) is 0. The minimum Gasteiger partial charge on any atom is -0.316 e. The minimum absolute atomic E-state index is 0.0787. The number of rotatable bonds is 5. The zero-order valence-electron chi connectivity index (χ0n) is 13.8. The molecule has 1 aromatic carbocycles. The van der Waals surface area contributed by atoms with E-state index in [4.69, 9.17) is 0 Å². The summed E-state index contributed by atoms with van der Waals surface area (Å²) in [5.41, 5.74) is 1.28. The van der Waals surface area contributed by atoms with Crippen LogP contribution in [0.4, 0.5) is 4.39 Å². The van der Waals surface area contributed by atoms with Gasteiger partial charge in [-0.2, -0.15) is 0 Å². The number of hydrogen-bond acceptors (Lipinski definition) is 1. The molecule has 0 unspecified atom stereocenters. The van der Waals surface area contributed by atoms with Crippen molar-refractivity contribution in [1.82, 2.24) is 5.32 Å². The van der Waals surface area contributed by atoms with Crippen LogP contribution in [0.5, 0.6) is 0 Å². The van der Waals surface area contributed by atoms with Crippen molar-refractivity contribution in [2.24, 2.45) is 17.3 Å². The lowest BCUT2D eigenvalue weighted by Gasteiger charge is -2.37. The number of hydrogen-bond donors (Lipinski definition) is 1. The first kappa shape index (κ1) is 16.5. The summed E-state index contributed by atoms with van der Waals surface area (Å²) in [7, 11) is 0. The van der Waals surface area contributed by atoms with E-state index in [1.54, 1.807) is 12.1 Å². The standard InChI is InChI=1S/C19H30FN/c1-19(2,3)17-10-8-15(9-11-17)14-21-13-12-16-6-4-5-7-18(16)20/h4-7,15,17,21H,8-14H2,1-3H3. The molecule has 1 aliphatic rings. The molecule has 0 bridgehead atoms. The molecule has 0 spiro atoms. The van der Waals surface area contributed by atoms with Gasteiger partial charge in [-0.25, -0.2) is 4.39 Å². The maximum absolute atomic E-state index is 13.5. The van der Waals surface area contributed by atoms with Crippen molar-refractivity contribution in [2.45, 2.75) is 52.9 Å². The van der Waals surface area contributed by atoms with Crippen molar-refractivity contribution in [1.29, 1.82) is 0 Å². The van der Waals surface area contributed by atoms with Gasteiger partial charge in [0.15, 0.2) is 0 Å². The van der Waals surface area contributed by atoms with Gasteiger partial charge in [-0.1, -0.05) is 39.0 Å². The molecule has 1 fully saturated rings. The van der Waals surface area contributed by atoms with Crippen LogP contribution in [-0.4, -0.2) is 13.1 Å². The van der Waals surface area contributed by atoms with Crippen molar-refractivity contribution >= 4 is 0 Å². The van der Waals surface area contributed by atoms with E-state index in [0.29, 0.717) is 5.41 Å². The lowest BCUT2D eigenvalue weighted by molar-refractivity contribution is 0.149. The maximum atomic E-state index is 13.5. The normalized spacial score (nSPS) is 23.2. The Kier molecular flexibility index (Phi) is 5.80. The van der Waals surface area contributed by atoms with E-state index in [0.717, 1.165) is 36.9 Å². The van der Waals surface area contributed by atoms with Gasteiger partial charge in [-0.3, -0.25) is 0 Å². The Morgan fingerprint density at radius 1 is 1.10 bits per heavy atom. The third kappa shape index (κ3) is 5.10. The molecular weight excluding hydrogens is 261 g/mol. The molecule has 0 aliphatic heterocycles. The van der Waals surface area contributed by atoms with Crippen molar-refractivity contribution in [2.75, 3.05) is 13.1 Å². The van der Waals surface area contributed by atoms with E-state index < -0.39 is 0 Å². The van der Waals surface area contributed by atoms with E-state index in [2.05, 4.69) is 26.1 Å².